The molecule has 1 aliphatic carbocycles. The van der Waals surface area contributed by atoms with E-state index in [1.54, 1.807) is 6.08 Å². The number of benzene rings is 1. The molecule has 5 nitrogen and oxygen atoms in total. The second-order valence-electron chi connectivity index (χ2n) is 7.47. The summed E-state index contributed by atoms with van der Waals surface area (Å²) in [5, 5.41) is 3.01. The number of carbonyl (C=O) groups is 1. The molecule has 2 rings (SSSR count). The van der Waals surface area contributed by atoms with Gasteiger partial charge >= 0.3 is 0 Å². The molecule has 150 valence electrons. The summed E-state index contributed by atoms with van der Waals surface area (Å²) in [7, 11) is 4.07. The van der Waals surface area contributed by atoms with E-state index >= 15 is 0 Å². The summed E-state index contributed by atoms with van der Waals surface area (Å²) < 4.78 is 12.0. The van der Waals surface area contributed by atoms with Gasteiger partial charge in [0.2, 0.25) is 5.91 Å². The maximum absolute atomic E-state index is 12.3. The first-order valence-electron chi connectivity index (χ1n) is 10.0. The molecule has 0 aliphatic heterocycles. The van der Waals surface area contributed by atoms with Crippen LogP contribution in [0.2, 0.25) is 0 Å². The number of ether oxygens (including phenoxy) is 2. The van der Waals surface area contributed by atoms with Crippen LogP contribution < -0.4 is 14.8 Å². The van der Waals surface area contributed by atoms with Gasteiger partial charge in [-0.05, 0) is 78.7 Å². The lowest BCUT2D eigenvalue weighted by molar-refractivity contribution is -0.117. The third-order valence-corrected chi connectivity index (χ3v) is 4.71. The Labute approximate surface area is 163 Å². The molecular formula is C22H34N2O3. The van der Waals surface area contributed by atoms with Crippen LogP contribution in [0.25, 0.3) is 6.08 Å². The Bertz CT molecular complexity index is 622. The van der Waals surface area contributed by atoms with Crippen LogP contribution in [0, 0.1) is 0 Å². The van der Waals surface area contributed by atoms with Gasteiger partial charge in [0, 0.05) is 17.7 Å². The van der Waals surface area contributed by atoms with Crippen molar-refractivity contribution in [2.75, 3.05) is 27.2 Å². The first-order chi connectivity index (χ1) is 13.0. The van der Waals surface area contributed by atoms with Crippen molar-refractivity contribution in [3.05, 3.63) is 29.8 Å². The van der Waals surface area contributed by atoms with Crippen LogP contribution in [0.3, 0.4) is 0 Å². The SMILES string of the molecule is CCOc1cccc(/C=C/C(=O)NC(C)CCN(C)C)c1OC1CCCC1. The van der Waals surface area contributed by atoms with Crippen LogP contribution in [0.1, 0.15) is 51.5 Å². The highest BCUT2D eigenvalue weighted by Gasteiger charge is 2.20. The number of amides is 1. The summed E-state index contributed by atoms with van der Waals surface area (Å²) in [6.07, 6.45) is 9.13. The van der Waals surface area contributed by atoms with Crippen molar-refractivity contribution < 1.29 is 14.3 Å². The molecule has 1 atom stereocenters. The number of nitrogens with zero attached hydrogens (tertiary/aromatic N) is 1. The molecule has 0 heterocycles. The van der Waals surface area contributed by atoms with Crippen molar-refractivity contribution in [3.63, 3.8) is 0 Å². The smallest absolute Gasteiger partial charge is 0.244 e. The number of carbonyl (C=O) groups excluding carboxylic acids is 1. The van der Waals surface area contributed by atoms with Gasteiger partial charge in [-0.3, -0.25) is 4.79 Å². The largest absolute Gasteiger partial charge is 0.490 e. The summed E-state index contributed by atoms with van der Waals surface area (Å²) in [6.45, 7) is 5.52. The molecule has 0 bridgehead atoms. The lowest BCUT2D eigenvalue weighted by Crippen LogP contribution is -2.33. The van der Waals surface area contributed by atoms with E-state index in [0.717, 1.165) is 42.9 Å². The number of hydrogen-bond acceptors (Lipinski definition) is 4. The molecule has 0 spiro atoms. The monoisotopic (exact) mass is 374 g/mol. The molecule has 0 saturated heterocycles. The Balaban J connectivity index is 2.05. The van der Waals surface area contributed by atoms with Gasteiger partial charge in [0.25, 0.3) is 0 Å². The maximum Gasteiger partial charge on any atom is 0.244 e. The molecule has 1 saturated carbocycles. The van der Waals surface area contributed by atoms with Crippen molar-refractivity contribution in [1.29, 1.82) is 0 Å². The van der Waals surface area contributed by atoms with Crippen molar-refractivity contribution in [2.24, 2.45) is 0 Å². The molecule has 27 heavy (non-hydrogen) atoms. The average Bonchev–Trinajstić information content (AvgIpc) is 3.13. The predicted molar refractivity (Wildman–Crippen MR) is 110 cm³/mol. The zero-order chi connectivity index (χ0) is 19.6. The Hall–Kier alpha value is -2.01. The zero-order valence-electron chi connectivity index (χ0n) is 17.2. The molecule has 1 fully saturated rings. The zero-order valence-corrected chi connectivity index (χ0v) is 17.2. The third kappa shape index (κ3) is 7.25. The molecule has 1 unspecified atom stereocenters. The van der Waals surface area contributed by atoms with Crippen molar-refractivity contribution in [3.8, 4) is 11.5 Å². The fourth-order valence-corrected chi connectivity index (χ4v) is 3.21. The van der Waals surface area contributed by atoms with E-state index < -0.39 is 0 Å². The van der Waals surface area contributed by atoms with Gasteiger partial charge in [0.05, 0.1) is 12.7 Å². The van der Waals surface area contributed by atoms with Gasteiger partial charge in [-0.25, -0.2) is 0 Å². The number of hydrogen-bond donors (Lipinski definition) is 1. The summed E-state index contributed by atoms with van der Waals surface area (Å²) in [5.74, 6) is 1.40. The fourth-order valence-electron chi connectivity index (χ4n) is 3.21. The van der Waals surface area contributed by atoms with Crippen molar-refractivity contribution >= 4 is 12.0 Å². The summed E-state index contributed by atoms with van der Waals surface area (Å²) >= 11 is 0. The van der Waals surface area contributed by atoms with Crippen LogP contribution in [0.15, 0.2) is 24.3 Å². The van der Waals surface area contributed by atoms with Gasteiger partial charge in [-0.1, -0.05) is 12.1 Å². The molecule has 1 aliphatic rings. The van der Waals surface area contributed by atoms with Gasteiger partial charge < -0.3 is 19.7 Å². The summed E-state index contributed by atoms with van der Waals surface area (Å²) in [4.78, 5) is 14.4. The number of para-hydroxylation sites is 1. The molecule has 1 amide bonds. The highest BCUT2D eigenvalue weighted by Crippen LogP contribution is 2.35. The maximum atomic E-state index is 12.3. The van der Waals surface area contributed by atoms with E-state index in [1.165, 1.54) is 12.8 Å². The van der Waals surface area contributed by atoms with Crippen LogP contribution in [0.4, 0.5) is 0 Å². The van der Waals surface area contributed by atoms with Crippen LogP contribution in [-0.4, -0.2) is 50.2 Å². The molecular weight excluding hydrogens is 340 g/mol. The summed E-state index contributed by atoms with van der Waals surface area (Å²) in [5.41, 5.74) is 0.879. The molecule has 1 aromatic carbocycles. The third-order valence-electron chi connectivity index (χ3n) is 4.71. The Morgan fingerprint density at radius 1 is 1.33 bits per heavy atom. The Morgan fingerprint density at radius 3 is 2.74 bits per heavy atom. The first kappa shape index (κ1) is 21.3. The minimum atomic E-state index is -0.0881. The standard InChI is InChI=1S/C22H34N2O3/c1-5-26-20-12-8-9-18(22(20)27-19-10-6-7-11-19)13-14-21(25)23-17(2)15-16-24(3)4/h8-9,12-14,17,19H,5-7,10-11,15-16H2,1-4H3,(H,23,25)/b14-13+. The molecule has 0 radical (unpaired) electrons. The van der Waals surface area contributed by atoms with E-state index in [1.807, 2.05) is 52.2 Å². The molecule has 5 heteroatoms. The number of rotatable bonds is 10. The predicted octanol–water partition coefficient (Wildman–Crippen LogP) is 3.88. The average molecular weight is 375 g/mol. The van der Waals surface area contributed by atoms with E-state index in [4.69, 9.17) is 9.47 Å². The van der Waals surface area contributed by atoms with Crippen molar-refractivity contribution in [1.82, 2.24) is 10.2 Å². The number of nitrogens with one attached hydrogen (secondary N) is 1. The minimum absolute atomic E-state index is 0.0881. The molecule has 1 N–H and O–H groups in total. The Kier molecular flexibility index (Phi) is 8.65. The Morgan fingerprint density at radius 2 is 2.07 bits per heavy atom. The minimum Gasteiger partial charge on any atom is -0.490 e. The van der Waals surface area contributed by atoms with Crippen LogP contribution in [0.5, 0.6) is 11.5 Å². The van der Waals surface area contributed by atoms with Gasteiger partial charge in [-0.2, -0.15) is 0 Å². The van der Waals surface area contributed by atoms with E-state index in [-0.39, 0.29) is 18.1 Å². The van der Waals surface area contributed by atoms with E-state index in [9.17, 15) is 4.79 Å². The molecule has 1 aromatic rings. The first-order valence-corrected chi connectivity index (χ1v) is 10.0. The lowest BCUT2D eigenvalue weighted by atomic mass is 10.1. The van der Waals surface area contributed by atoms with Crippen LogP contribution >= 0.6 is 0 Å². The second kappa shape index (κ2) is 11.0. The van der Waals surface area contributed by atoms with Crippen molar-refractivity contribution in [2.45, 2.75) is 58.1 Å². The summed E-state index contributed by atoms with van der Waals surface area (Å²) in [6, 6.07) is 5.96. The highest BCUT2D eigenvalue weighted by atomic mass is 16.5. The van der Waals surface area contributed by atoms with E-state index in [2.05, 4.69) is 10.2 Å². The van der Waals surface area contributed by atoms with Gasteiger partial charge in [0.1, 0.15) is 0 Å². The quantitative estimate of drug-likeness (QED) is 0.632. The van der Waals surface area contributed by atoms with Crippen LogP contribution in [-0.2, 0) is 4.79 Å². The highest BCUT2D eigenvalue weighted by molar-refractivity contribution is 5.92. The topological polar surface area (TPSA) is 50.8 Å². The second-order valence-corrected chi connectivity index (χ2v) is 7.47. The fraction of sp³-hybridized carbons (Fsp3) is 0.591. The molecule has 0 aromatic heterocycles. The van der Waals surface area contributed by atoms with E-state index in [0.29, 0.717) is 6.61 Å². The normalized spacial score (nSPS) is 16.0. The van der Waals surface area contributed by atoms with Gasteiger partial charge in [-0.15, -0.1) is 0 Å². The van der Waals surface area contributed by atoms with Gasteiger partial charge in [0.15, 0.2) is 11.5 Å². The lowest BCUT2D eigenvalue weighted by Gasteiger charge is -2.19.